The van der Waals surface area contributed by atoms with E-state index in [9.17, 15) is 14.7 Å². The first-order valence-corrected chi connectivity index (χ1v) is 3.88. The Kier molecular flexibility index (Phi) is 2.71. The third kappa shape index (κ3) is 2.00. The fraction of sp³-hybridized carbons (Fsp3) is 0. The quantitative estimate of drug-likeness (QED) is 0.444. The van der Waals surface area contributed by atoms with Crippen LogP contribution in [0.4, 0.5) is 11.4 Å². The number of nitro benzene ring substituents is 1. The lowest BCUT2D eigenvalue weighted by Gasteiger charge is -1.94. The number of hydrogen-bond acceptors (Lipinski definition) is 3. The molecule has 0 atom stereocenters. The first-order valence-electron chi connectivity index (χ1n) is 3.07. The van der Waals surface area contributed by atoms with Gasteiger partial charge in [0.15, 0.2) is 0 Å². The molecule has 1 aromatic rings. The Labute approximate surface area is 69.8 Å². The van der Waals surface area contributed by atoms with Crippen LogP contribution in [0.15, 0.2) is 24.3 Å². The Morgan fingerprint density at radius 1 is 1.33 bits per heavy atom. The van der Waals surface area contributed by atoms with Gasteiger partial charge in [0.2, 0.25) is 0 Å². The highest BCUT2D eigenvalue weighted by atomic mass is 31.1. The van der Waals surface area contributed by atoms with E-state index in [0.29, 0.717) is 5.69 Å². The number of nitrogens with one attached hydrogen (secondary N) is 1. The van der Waals surface area contributed by atoms with E-state index in [4.69, 9.17) is 0 Å². The molecule has 0 unspecified atom stereocenters. The van der Waals surface area contributed by atoms with Crippen LogP contribution >= 0.6 is 8.61 Å². The minimum Gasteiger partial charge on any atom is -0.305 e. The van der Waals surface area contributed by atoms with Crippen LogP contribution in [0.1, 0.15) is 0 Å². The largest absolute Gasteiger partial charge is 0.305 e. The topological polar surface area (TPSA) is 72.2 Å². The maximum absolute atomic E-state index is 10.2. The monoisotopic (exact) mass is 184 g/mol. The smallest absolute Gasteiger partial charge is 0.279 e. The Hall–Kier alpha value is -1.48. The van der Waals surface area contributed by atoms with Crippen LogP contribution in [-0.2, 0) is 4.57 Å². The van der Waals surface area contributed by atoms with Crippen molar-refractivity contribution < 1.29 is 9.49 Å². The molecule has 1 rings (SSSR count). The van der Waals surface area contributed by atoms with Gasteiger partial charge in [0.05, 0.1) is 4.92 Å². The van der Waals surface area contributed by atoms with Gasteiger partial charge in [-0.15, -0.1) is 0 Å². The van der Waals surface area contributed by atoms with E-state index in [1.165, 1.54) is 24.3 Å². The van der Waals surface area contributed by atoms with E-state index in [-0.39, 0.29) is 14.3 Å². The summed E-state index contributed by atoms with van der Waals surface area (Å²) in [5, 5.41) is 12.7. The fourth-order valence-corrected chi connectivity index (χ4v) is 0.965. The van der Waals surface area contributed by atoms with Gasteiger partial charge in [0, 0.05) is 17.8 Å². The molecule has 1 aromatic carbocycles. The second-order valence-electron chi connectivity index (χ2n) is 2.01. The van der Waals surface area contributed by atoms with E-state index in [1.807, 2.05) is 0 Å². The molecule has 0 fully saturated rings. The molecule has 0 aliphatic carbocycles. The molecule has 12 heavy (non-hydrogen) atoms. The van der Waals surface area contributed by atoms with Gasteiger partial charge in [-0.25, -0.2) is 4.57 Å². The highest BCUT2D eigenvalue weighted by Crippen LogP contribution is 2.16. The zero-order valence-corrected chi connectivity index (χ0v) is 6.82. The van der Waals surface area contributed by atoms with Gasteiger partial charge in [0.25, 0.3) is 14.3 Å². The molecule has 0 amide bonds. The summed E-state index contributed by atoms with van der Waals surface area (Å²) in [6.45, 7) is 0. The van der Waals surface area contributed by atoms with E-state index in [0.717, 1.165) is 0 Å². The van der Waals surface area contributed by atoms with E-state index in [1.54, 1.807) is 0 Å². The van der Waals surface area contributed by atoms with E-state index < -0.39 is 4.92 Å². The average Bonchev–Trinajstić information content (AvgIpc) is 2.06. The zero-order chi connectivity index (χ0) is 8.97. The summed E-state index contributed by atoms with van der Waals surface area (Å²) in [6.07, 6.45) is 0. The van der Waals surface area contributed by atoms with Gasteiger partial charge in [0.1, 0.15) is 0 Å². The lowest BCUT2D eigenvalue weighted by Crippen LogP contribution is -1.87. The van der Waals surface area contributed by atoms with Crippen LogP contribution < -0.4 is 5.09 Å². The van der Waals surface area contributed by atoms with Gasteiger partial charge in [-0.2, -0.15) is 0 Å². The predicted octanol–water partition coefficient (Wildman–Crippen LogP) is 2.21. The zero-order valence-electron chi connectivity index (χ0n) is 5.93. The lowest BCUT2D eigenvalue weighted by atomic mass is 10.3. The van der Waals surface area contributed by atoms with Crippen molar-refractivity contribution in [3.63, 3.8) is 0 Å². The summed E-state index contributed by atoms with van der Waals surface area (Å²) in [5.74, 6) is 0. The highest BCUT2D eigenvalue weighted by Gasteiger charge is 2.02. The number of anilines is 1. The van der Waals surface area contributed by atoms with Crippen LogP contribution in [0.2, 0.25) is 0 Å². The third-order valence-electron chi connectivity index (χ3n) is 1.25. The minimum atomic E-state index is -0.487. The molecule has 1 N–H and O–H groups in total. The van der Waals surface area contributed by atoms with E-state index in [2.05, 4.69) is 5.09 Å². The first kappa shape index (κ1) is 8.62. The Morgan fingerprint density at radius 3 is 2.33 bits per heavy atom. The van der Waals surface area contributed by atoms with Crippen molar-refractivity contribution in [2.24, 2.45) is 0 Å². The molecule has 0 radical (unpaired) electrons. The molecule has 0 saturated heterocycles. The molecule has 0 heterocycles. The summed E-state index contributed by atoms with van der Waals surface area (Å²) in [7, 11) is -0.222. The molecule has 5 nitrogen and oxygen atoms in total. The molecule has 0 aromatic heterocycles. The van der Waals surface area contributed by atoms with Crippen LogP contribution in [0.3, 0.4) is 0 Å². The maximum Gasteiger partial charge on any atom is 0.279 e. The standard InChI is InChI=1S/C6H5N2O3P/c9-8(10)6-3-1-5(2-4-6)7-12-11/h1-4H,(H,7,11). The van der Waals surface area contributed by atoms with Crippen molar-refractivity contribution in [3.05, 3.63) is 34.4 Å². The third-order valence-corrected chi connectivity index (χ3v) is 1.60. The summed E-state index contributed by atoms with van der Waals surface area (Å²) in [6, 6.07) is 5.66. The molecule has 62 valence electrons. The van der Waals surface area contributed by atoms with Crippen LogP contribution in [-0.4, -0.2) is 4.92 Å². The van der Waals surface area contributed by atoms with Crippen LogP contribution in [0.25, 0.3) is 0 Å². The Morgan fingerprint density at radius 2 is 1.92 bits per heavy atom. The van der Waals surface area contributed by atoms with Crippen molar-refractivity contribution in [2.75, 3.05) is 5.09 Å². The summed E-state index contributed by atoms with van der Waals surface area (Å²) in [4.78, 5) is 9.70. The summed E-state index contributed by atoms with van der Waals surface area (Å²) >= 11 is 0. The first-order chi connectivity index (χ1) is 5.74. The normalized spacial score (nSPS) is 9.67. The molecular formula is C6H5N2O3P. The molecule has 0 aliphatic rings. The van der Waals surface area contributed by atoms with Gasteiger partial charge < -0.3 is 5.09 Å². The predicted molar refractivity (Wildman–Crippen MR) is 44.3 cm³/mol. The molecule has 0 saturated carbocycles. The SMILES string of the molecule is O=PNc1ccc([N+](=O)[O-])cc1. The Bertz CT molecular complexity index is 298. The second-order valence-corrected chi connectivity index (χ2v) is 2.41. The van der Waals surface area contributed by atoms with Crippen LogP contribution in [0.5, 0.6) is 0 Å². The minimum absolute atomic E-state index is 0.0168. The number of benzene rings is 1. The fourth-order valence-electron chi connectivity index (χ4n) is 0.710. The molecule has 0 bridgehead atoms. The molecular weight excluding hydrogens is 179 g/mol. The van der Waals surface area contributed by atoms with Crippen molar-refractivity contribution in [3.8, 4) is 0 Å². The average molecular weight is 184 g/mol. The van der Waals surface area contributed by atoms with Gasteiger partial charge in [-0.05, 0) is 12.1 Å². The molecule has 0 aliphatic heterocycles. The van der Waals surface area contributed by atoms with Crippen molar-refractivity contribution in [1.82, 2.24) is 0 Å². The molecule has 0 spiro atoms. The van der Waals surface area contributed by atoms with Crippen molar-refractivity contribution in [1.29, 1.82) is 0 Å². The number of nitrogens with zero attached hydrogens (tertiary/aromatic N) is 1. The lowest BCUT2D eigenvalue weighted by molar-refractivity contribution is -0.384. The number of rotatable bonds is 3. The molecule has 6 heteroatoms. The maximum atomic E-state index is 10.2. The number of non-ortho nitro benzene ring substituents is 1. The van der Waals surface area contributed by atoms with Gasteiger partial charge in [-0.3, -0.25) is 10.1 Å². The number of hydrogen-bond donors (Lipinski definition) is 1. The van der Waals surface area contributed by atoms with Gasteiger partial charge in [-0.1, -0.05) is 0 Å². The van der Waals surface area contributed by atoms with Gasteiger partial charge >= 0.3 is 0 Å². The highest BCUT2D eigenvalue weighted by molar-refractivity contribution is 7.25. The summed E-state index contributed by atoms with van der Waals surface area (Å²) < 4.78 is 10.0. The van der Waals surface area contributed by atoms with Crippen LogP contribution in [0, 0.1) is 10.1 Å². The van der Waals surface area contributed by atoms with E-state index >= 15 is 0 Å². The second kappa shape index (κ2) is 3.78. The number of nitro groups is 1. The summed E-state index contributed by atoms with van der Waals surface area (Å²) in [5.41, 5.74) is 0.598. The van der Waals surface area contributed by atoms with Crippen molar-refractivity contribution in [2.45, 2.75) is 0 Å². The van der Waals surface area contributed by atoms with Crippen molar-refractivity contribution >= 4 is 20.0 Å². The Balaban J connectivity index is 2.85.